The first kappa shape index (κ1) is 24.1. The van der Waals surface area contributed by atoms with Crippen LogP contribution in [0.25, 0.3) is 0 Å². The Morgan fingerprint density at radius 3 is 2.48 bits per heavy atom. The number of aliphatic hydroxyl groups is 1. The third-order valence-electron chi connectivity index (χ3n) is 4.33. The van der Waals surface area contributed by atoms with E-state index in [1.807, 2.05) is 0 Å². The Labute approximate surface area is 155 Å². The van der Waals surface area contributed by atoms with Crippen LogP contribution in [0.2, 0.25) is 0 Å². The summed E-state index contributed by atoms with van der Waals surface area (Å²) in [7, 11) is 0. The van der Waals surface area contributed by atoms with E-state index >= 15 is 0 Å². The average molecular weight is 356 g/mol. The highest BCUT2D eigenvalue weighted by molar-refractivity contribution is 5.69. The molecule has 0 aromatic heterocycles. The van der Waals surface area contributed by atoms with Crippen molar-refractivity contribution in [1.29, 1.82) is 0 Å². The van der Waals surface area contributed by atoms with Crippen molar-refractivity contribution >= 4 is 5.97 Å². The molecule has 0 bridgehead atoms. The maximum Gasteiger partial charge on any atom is 0.305 e. The van der Waals surface area contributed by atoms with E-state index < -0.39 is 0 Å². The number of carbonyl (C=O) groups is 1. The number of rotatable bonds is 18. The Balaban J connectivity index is 3.30. The molecule has 0 aliphatic carbocycles. The molecule has 0 heterocycles. The monoisotopic (exact) mass is 355 g/mol. The number of nitrogens with two attached hydrogens (primary N) is 1. The smallest absolute Gasteiger partial charge is 0.305 e. The SMILES string of the molecule is CCCCCC[C@@H](O)C/C=C\CCCCCCCC(=O)OCCCN. The van der Waals surface area contributed by atoms with Crippen LogP contribution < -0.4 is 5.73 Å². The minimum atomic E-state index is -0.169. The van der Waals surface area contributed by atoms with Crippen molar-refractivity contribution < 1.29 is 14.6 Å². The predicted molar refractivity (Wildman–Crippen MR) is 105 cm³/mol. The van der Waals surface area contributed by atoms with Gasteiger partial charge in [0.1, 0.15) is 0 Å². The Morgan fingerprint density at radius 2 is 1.72 bits per heavy atom. The first-order chi connectivity index (χ1) is 12.2. The lowest BCUT2D eigenvalue weighted by Crippen LogP contribution is -2.09. The van der Waals surface area contributed by atoms with Crippen molar-refractivity contribution in [3.63, 3.8) is 0 Å². The largest absolute Gasteiger partial charge is 0.466 e. The van der Waals surface area contributed by atoms with Crippen LogP contribution in [-0.4, -0.2) is 30.3 Å². The quantitative estimate of drug-likeness (QED) is 0.209. The average Bonchev–Trinajstić information content (AvgIpc) is 2.60. The lowest BCUT2D eigenvalue weighted by molar-refractivity contribution is -0.143. The van der Waals surface area contributed by atoms with Crippen molar-refractivity contribution in [2.24, 2.45) is 5.73 Å². The van der Waals surface area contributed by atoms with Gasteiger partial charge in [-0.2, -0.15) is 0 Å². The molecule has 148 valence electrons. The van der Waals surface area contributed by atoms with Gasteiger partial charge in [0.25, 0.3) is 0 Å². The maximum atomic E-state index is 11.4. The van der Waals surface area contributed by atoms with Crippen LogP contribution in [0.4, 0.5) is 0 Å². The van der Waals surface area contributed by atoms with Gasteiger partial charge in [0.2, 0.25) is 0 Å². The summed E-state index contributed by atoms with van der Waals surface area (Å²) < 4.78 is 5.06. The number of aliphatic hydroxyl groups excluding tert-OH is 1. The molecule has 0 amide bonds. The Kier molecular flexibility index (Phi) is 18.8. The zero-order valence-electron chi connectivity index (χ0n) is 16.4. The fourth-order valence-corrected chi connectivity index (χ4v) is 2.70. The fourth-order valence-electron chi connectivity index (χ4n) is 2.70. The highest BCUT2D eigenvalue weighted by atomic mass is 16.5. The van der Waals surface area contributed by atoms with Crippen LogP contribution in [0.5, 0.6) is 0 Å². The van der Waals surface area contributed by atoms with Gasteiger partial charge in [-0.1, -0.05) is 64.0 Å². The lowest BCUT2D eigenvalue weighted by atomic mass is 10.1. The summed E-state index contributed by atoms with van der Waals surface area (Å²) in [6.07, 6.45) is 18.7. The molecule has 1 atom stereocenters. The standard InChI is InChI=1S/C21H41NO3/c1-2-3-4-11-15-20(23)16-12-9-7-5-6-8-10-13-17-21(24)25-19-14-18-22/h9,12,20,23H,2-8,10-11,13-19,22H2,1H3/b12-9-/t20-/m1/s1. The molecule has 4 nitrogen and oxygen atoms in total. The highest BCUT2D eigenvalue weighted by Crippen LogP contribution is 2.10. The summed E-state index contributed by atoms with van der Waals surface area (Å²) in [5.41, 5.74) is 5.35. The van der Waals surface area contributed by atoms with Crippen molar-refractivity contribution in [2.45, 2.75) is 103 Å². The second-order valence-corrected chi connectivity index (χ2v) is 6.88. The van der Waals surface area contributed by atoms with Crippen LogP contribution in [0.15, 0.2) is 12.2 Å². The molecular weight excluding hydrogens is 314 g/mol. The molecule has 25 heavy (non-hydrogen) atoms. The third kappa shape index (κ3) is 19.3. The van der Waals surface area contributed by atoms with Crippen molar-refractivity contribution in [3.05, 3.63) is 12.2 Å². The molecule has 0 aliphatic heterocycles. The van der Waals surface area contributed by atoms with E-state index in [2.05, 4.69) is 19.1 Å². The van der Waals surface area contributed by atoms with Gasteiger partial charge in [-0.05, 0) is 45.1 Å². The van der Waals surface area contributed by atoms with Crippen molar-refractivity contribution in [1.82, 2.24) is 0 Å². The van der Waals surface area contributed by atoms with Gasteiger partial charge in [-0.25, -0.2) is 0 Å². The lowest BCUT2D eigenvalue weighted by Gasteiger charge is -2.07. The molecule has 0 fully saturated rings. The van der Waals surface area contributed by atoms with Crippen LogP contribution in [0.3, 0.4) is 0 Å². The maximum absolute atomic E-state index is 11.4. The number of ether oxygens (including phenoxy) is 1. The van der Waals surface area contributed by atoms with Gasteiger partial charge in [0.05, 0.1) is 12.7 Å². The Hall–Kier alpha value is -0.870. The molecule has 0 radical (unpaired) electrons. The topological polar surface area (TPSA) is 72.5 Å². The first-order valence-corrected chi connectivity index (χ1v) is 10.4. The molecule has 0 aliphatic rings. The zero-order valence-corrected chi connectivity index (χ0v) is 16.4. The van der Waals surface area contributed by atoms with Crippen LogP contribution in [0, 0.1) is 0 Å². The number of hydrogen-bond acceptors (Lipinski definition) is 4. The van der Waals surface area contributed by atoms with Crippen LogP contribution >= 0.6 is 0 Å². The molecule has 0 aromatic rings. The minimum Gasteiger partial charge on any atom is -0.466 e. The number of hydrogen-bond donors (Lipinski definition) is 2. The van der Waals surface area contributed by atoms with Gasteiger partial charge < -0.3 is 15.6 Å². The minimum absolute atomic E-state index is 0.0929. The molecule has 3 N–H and O–H groups in total. The van der Waals surface area contributed by atoms with E-state index in [1.165, 1.54) is 38.5 Å². The number of esters is 1. The van der Waals surface area contributed by atoms with E-state index in [-0.39, 0.29) is 12.1 Å². The Morgan fingerprint density at radius 1 is 1.00 bits per heavy atom. The molecular formula is C21H41NO3. The van der Waals surface area contributed by atoms with Crippen molar-refractivity contribution in [3.8, 4) is 0 Å². The van der Waals surface area contributed by atoms with Gasteiger partial charge >= 0.3 is 5.97 Å². The normalized spacial score (nSPS) is 12.6. The van der Waals surface area contributed by atoms with E-state index in [4.69, 9.17) is 10.5 Å². The molecule has 0 rings (SSSR count). The van der Waals surface area contributed by atoms with Crippen LogP contribution in [0.1, 0.15) is 96.8 Å². The van der Waals surface area contributed by atoms with E-state index in [0.29, 0.717) is 19.6 Å². The third-order valence-corrected chi connectivity index (χ3v) is 4.33. The summed E-state index contributed by atoms with van der Waals surface area (Å²) >= 11 is 0. The summed E-state index contributed by atoms with van der Waals surface area (Å²) in [4.78, 5) is 11.4. The van der Waals surface area contributed by atoms with E-state index in [9.17, 15) is 9.90 Å². The number of carbonyl (C=O) groups excluding carboxylic acids is 1. The predicted octanol–water partition coefficient (Wildman–Crippen LogP) is 4.89. The Bertz CT molecular complexity index is 318. The number of allylic oxidation sites excluding steroid dienone is 1. The van der Waals surface area contributed by atoms with Gasteiger partial charge in [0.15, 0.2) is 0 Å². The molecule has 0 saturated heterocycles. The molecule has 0 unspecified atom stereocenters. The number of unbranched alkanes of at least 4 members (excludes halogenated alkanes) is 8. The molecule has 0 spiro atoms. The highest BCUT2D eigenvalue weighted by Gasteiger charge is 2.02. The molecule has 4 heteroatoms. The van der Waals surface area contributed by atoms with Crippen LogP contribution in [-0.2, 0) is 9.53 Å². The van der Waals surface area contributed by atoms with Gasteiger partial charge in [-0.15, -0.1) is 0 Å². The molecule has 0 aromatic carbocycles. The fraction of sp³-hybridized carbons (Fsp3) is 0.857. The first-order valence-electron chi connectivity index (χ1n) is 10.4. The summed E-state index contributed by atoms with van der Waals surface area (Å²) in [5.74, 6) is -0.0929. The second kappa shape index (κ2) is 19.5. The second-order valence-electron chi connectivity index (χ2n) is 6.88. The van der Waals surface area contributed by atoms with E-state index in [0.717, 1.165) is 44.9 Å². The molecule has 0 saturated carbocycles. The van der Waals surface area contributed by atoms with E-state index in [1.54, 1.807) is 0 Å². The summed E-state index contributed by atoms with van der Waals surface area (Å²) in [6, 6.07) is 0. The van der Waals surface area contributed by atoms with Gasteiger partial charge in [0, 0.05) is 6.42 Å². The van der Waals surface area contributed by atoms with Crippen molar-refractivity contribution in [2.75, 3.05) is 13.2 Å². The zero-order chi connectivity index (χ0) is 18.6. The summed E-state index contributed by atoms with van der Waals surface area (Å²) in [6.45, 7) is 3.23. The summed E-state index contributed by atoms with van der Waals surface area (Å²) in [5, 5.41) is 9.87. The van der Waals surface area contributed by atoms with Gasteiger partial charge in [-0.3, -0.25) is 4.79 Å².